The molecule has 0 aliphatic heterocycles. The van der Waals surface area contributed by atoms with Crippen molar-refractivity contribution in [1.29, 1.82) is 0 Å². The number of aromatic nitrogens is 2. The topological polar surface area (TPSA) is 25.8 Å². The van der Waals surface area contributed by atoms with Crippen LogP contribution < -0.4 is 0 Å². The molecule has 0 spiro atoms. The zero-order chi connectivity index (χ0) is 9.86. The summed E-state index contributed by atoms with van der Waals surface area (Å²) in [5.74, 6) is 2.17. The van der Waals surface area contributed by atoms with Gasteiger partial charge in [-0.25, -0.2) is 0 Å². The fourth-order valence-electron chi connectivity index (χ4n) is 1.91. The van der Waals surface area contributed by atoms with Gasteiger partial charge in [0.2, 0.25) is 0 Å². The van der Waals surface area contributed by atoms with E-state index < -0.39 is 0 Å². The lowest BCUT2D eigenvalue weighted by Gasteiger charge is -2.25. The molecule has 78 valence electrons. The van der Waals surface area contributed by atoms with Crippen molar-refractivity contribution in [2.45, 2.75) is 30.0 Å². The largest absolute Gasteiger partial charge is 0.179 e. The normalized spacial score (nSPS) is 20.1. The van der Waals surface area contributed by atoms with Crippen LogP contribution >= 0.6 is 35.7 Å². The summed E-state index contributed by atoms with van der Waals surface area (Å²) in [6.45, 7) is 0. The van der Waals surface area contributed by atoms with Gasteiger partial charge in [0.15, 0.2) is 4.34 Å². The molecule has 0 radical (unpaired) electrons. The average Bonchev–Trinajstić information content (AvgIpc) is 2.87. The third-order valence-corrected chi connectivity index (χ3v) is 5.72. The van der Waals surface area contributed by atoms with Gasteiger partial charge in [-0.2, -0.15) is 12.6 Å². The molecular weight excluding hydrogens is 232 g/mol. The van der Waals surface area contributed by atoms with Crippen molar-refractivity contribution in [3.05, 3.63) is 5.51 Å². The van der Waals surface area contributed by atoms with Crippen molar-refractivity contribution >= 4 is 35.7 Å². The highest BCUT2D eigenvalue weighted by atomic mass is 32.2. The van der Waals surface area contributed by atoms with Gasteiger partial charge in [0.05, 0.1) is 0 Å². The lowest BCUT2D eigenvalue weighted by atomic mass is 9.91. The molecule has 1 aromatic heterocycles. The Balaban J connectivity index is 1.89. The summed E-state index contributed by atoms with van der Waals surface area (Å²) in [6.07, 6.45) is 5.42. The third kappa shape index (κ3) is 2.44. The molecule has 0 amide bonds. The van der Waals surface area contributed by atoms with E-state index in [2.05, 4.69) is 22.8 Å². The Morgan fingerprint density at radius 3 is 2.86 bits per heavy atom. The number of nitrogens with zero attached hydrogens (tertiary/aromatic N) is 2. The third-order valence-electron chi connectivity index (χ3n) is 2.84. The molecule has 2 nitrogen and oxygen atoms in total. The van der Waals surface area contributed by atoms with Crippen LogP contribution in [0.3, 0.4) is 0 Å². The van der Waals surface area contributed by atoms with Crippen molar-refractivity contribution in [3.8, 4) is 0 Å². The highest BCUT2D eigenvalue weighted by Gasteiger charge is 2.32. The predicted molar refractivity (Wildman–Crippen MR) is 65.4 cm³/mol. The summed E-state index contributed by atoms with van der Waals surface area (Å²) in [6, 6.07) is 0. The van der Waals surface area contributed by atoms with E-state index in [0.717, 1.165) is 15.8 Å². The average molecular weight is 246 g/mol. The fraction of sp³-hybridized carbons (Fsp3) is 0.778. The summed E-state index contributed by atoms with van der Waals surface area (Å²) in [5.41, 5.74) is 2.27. The molecule has 1 aromatic rings. The standard InChI is InChI=1S/C9H14N2S3/c12-5-9(3-1-2-4-9)6-13-8-11-10-7-14-8/h7,12H,1-6H2. The van der Waals surface area contributed by atoms with Gasteiger partial charge in [-0.05, 0) is 24.0 Å². The maximum absolute atomic E-state index is 4.49. The number of hydrogen-bond acceptors (Lipinski definition) is 5. The minimum absolute atomic E-state index is 0.472. The predicted octanol–water partition coefficient (Wildman–Crippen LogP) is 3.12. The Labute approximate surface area is 98.3 Å². The van der Waals surface area contributed by atoms with Crippen LogP contribution in [0.1, 0.15) is 25.7 Å². The second-order valence-corrected chi connectivity index (χ2v) is 6.23. The quantitative estimate of drug-likeness (QED) is 0.653. The first kappa shape index (κ1) is 10.8. The molecule has 0 bridgehead atoms. The molecule has 1 fully saturated rings. The zero-order valence-corrected chi connectivity index (χ0v) is 10.5. The fourth-order valence-corrected chi connectivity index (χ4v) is 4.28. The van der Waals surface area contributed by atoms with Crippen molar-refractivity contribution in [2.24, 2.45) is 5.41 Å². The monoisotopic (exact) mass is 246 g/mol. The molecule has 0 atom stereocenters. The van der Waals surface area contributed by atoms with Gasteiger partial charge >= 0.3 is 0 Å². The summed E-state index contributed by atoms with van der Waals surface area (Å²) in [4.78, 5) is 0. The maximum atomic E-state index is 4.49. The second-order valence-electron chi connectivity index (χ2n) is 3.86. The number of thioether (sulfide) groups is 1. The molecule has 1 saturated carbocycles. The van der Waals surface area contributed by atoms with E-state index in [1.54, 1.807) is 16.8 Å². The Bertz CT molecular complexity index is 268. The van der Waals surface area contributed by atoms with E-state index >= 15 is 0 Å². The first-order valence-electron chi connectivity index (χ1n) is 4.84. The zero-order valence-electron chi connectivity index (χ0n) is 7.98. The van der Waals surface area contributed by atoms with Gasteiger partial charge in [0.1, 0.15) is 5.51 Å². The van der Waals surface area contributed by atoms with Crippen molar-refractivity contribution in [2.75, 3.05) is 11.5 Å². The van der Waals surface area contributed by atoms with E-state index in [1.807, 2.05) is 11.8 Å². The van der Waals surface area contributed by atoms with Crippen LogP contribution in [-0.4, -0.2) is 21.7 Å². The van der Waals surface area contributed by atoms with Crippen molar-refractivity contribution in [1.82, 2.24) is 10.2 Å². The molecule has 0 unspecified atom stereocenters. The summed E-state index contributed by atoms with van der Waals surface area (Å²) >= 11 is 7.96. The van der Waals surface area contributed by atoms with Gasteiger partial charge in [0, 0.05) is 5.75 Å². The summed E-state index contributed by atoms with van der Waals surface area (Å²) in [5, 5.41) is 7.89. The van der Waals surface area contributed by atoms with Gasteiger partial charge in [-0.3, -0.25) is 0 Å². The molecule has 0 N–H and O–H groups in total. The van der Waals surface area contributed by atoms with E-state index in [0.29, 0.717) is 5.41 Å². The van der Waals surface area contributed by atoms with Gasteiger partial charge in [-0.1, -0.05) is 35.9 Å². The molecule has 1 aliphatic carbocycles. The molecule has 0 aromatic carbocycles. The summed E-state index contributed by atoms with van der Waals surface area (Å²) in [7, 11) is 0. The van der Waals surface area contributed by atoms with Crippen LogP contribution in [0.5, 0.6) is 0 Å². The summed E-state index contributed by atoms with van der Waals surface area (Å²) < 4.78 is 1.10. The maximum Gasteiger partial charge on any atom is 0.174 e. The highest BCUT2D eigenvalue weighted by Crippen LogP contribution is 2.43. The van der Waals surface area contributed by atoms with E-state index in [1.165, 1.54) is 25.7 Å². The first-order valence-corrected chi connectivity index (χ1v) is 7.34. The first-order chi connectivity index (χ1) is 6.85. The number of thiol groups is 1. The van der Waals surface area contributed by atoms with Crippen LogP contribution in [0.4, 0.5) is 0 Å². The second kappa shape index (κ2) is 4.86. The van der Waals surface area contributed by atoms with Crippen LogP contribution in [0.2, 0.25) is 0 Å². The smallest absolute Gasteiger partial charge is 0.174 e. The van der Waals surface area contributed by atoms with Crippen LogP contribution in [0, 0.1) is 5.41 Å². The van der Waals surface area contributed by atoms with Gasteiger partial charge in [0.25, 0.3) is 0 Å². The molecule has 2 rings (SSSR count). The molecular formula is C9H14N2S3. The van der Waals surface area contributed by atoms with Gasteiger partial charge < -0.3 is 0 Å². The van der Waals surface area contributed by atoms with Crippen molar-refractivity contribution in [3.63, 3.8) is 0 Å². The Hall–Kier alpha value is 0.260. The Kier molecular flexibility index (Phi) is 3.73. The Morgan fingerprint density at radius 2 is 2.29 bits per heavy atom. The van der Waals surface area contributed by atoms with Crippen molar-refractivity contribution < 1.29 is 0 Å². The lowest BCUT2D eigenvalue weighted by Crippen LogP contribution is -2.21. The molecule has 0 saturated heterocycles. The molecule has 14 heavy (non-hydrogen) atoms. The highest BCUT2D eigenvalue weighted by molar-refractivity contribution is 8.01. The number of hydrogen-bond donors (Lipinski definition) is 1. The molecule has 5 heteroatoms. The van der Waals surface area contributed by atoms with Crippen LogP contribution in [-0.2, 0) is 0 Å². The molecule has 1 aliphatic rings. The van der Waals surface area contributed by atoms with E-state index in [4.69, 9.17) is 0 Å². The van der Waals surface area contributed by atoms with E-state index in [9.17, 15) is 0 Å². The SMILES string of the molecule is SCC1(CSc2nncs2)CCCC1. The number of rotatable bonds is 4. The van der Waals surface area contributed by atoms with E-state index in [-0.39, 0.29) is 0 Å². The van der Waals surface area contributed by atoms with Crippen LogP contribution in [0.25, 0.3) is 0 Å². The molecule has 1 heterocycles. The van der Waals surface area contributed by atoms with Gasteiger partial charge in [-0.15, -0.1) is 10.2 Å². The lowest BCUT2D eigenvalue weighted by molar-refractivity contribution is 0.403. The minimum Gasteiger partial charge on any atom is -0.179 e. The van der Waals surface area contributed by atoms with Crippen LogP contribution in [0.15, 0.2) is 9.85 Å². The Morgan fingerprint density at radius 1 is 1.50 bits per heavy atom. The minimum atomic E-state index is 0.472.